The van der Waals surface area contributed by atoms with Crippen LogP contribution in [0, 0.1) is 0 Å². The molecule has 3 fully saturated rings. The van der Waals surface area contributed by atoms with Gasteiger partial charge in [-0.3, -0.25) is 0 Å². The fourth-order valence-corrected chi connectivity index (χ4v) is 10.7. The van der Waals surface area contributed by atoms with E-state index in [0.717, 1.165) is 11.3 Å². The van der Waals surface area contributed by atoms with Crippen LogP contribution in [0.1, 0.15) is 96.3 Å². The van der Waals surface area contributed by atoms with Gasteiger partial charge in [-0.1, -0.05) is 65.7 Å². The van der Waals surface area contributed by atoms with Gasteiger partial charge < -0.3 is 0 Å². The van der Waals surface area contributed by atoms with E-state index in [4.69, 9.17) is 11.6 Å². The second kappa shape index (κ2) is 9.02. The summed E-state index contributed by atoms with van der Waals surface area (Å²) in [4.78, 5) is 0. The van der Waals surface area contributed by atoms with Crippen LogP contribution in [-0.4, -0.2) is 15.9 Å². The molecule has 3 aliphatic carbocycles. The second-order valence-electron chi connectivity index (χ2n) is 7.47. The van der Waals surface area contributed by atoms with Crippen LogP contribution in [0.3, 0.4) is 0 Å². The maximum atomic E-state index is 7.34. The monoisotopic (exact) mass is 420 g/mol. The van der Waals surface area contributed by atoms with Crippen molar-refractivity contribution in [2.45, 2.75) is 112 Å². The van der Waals surface area contributed by atoms with E-state index >= 15 is 0 Å². The van der Waals surface area contributed by atoms with Crippen molar-refractivity contribution in [2.24, 2.45) is 0 Å². The van der Waals surface area contributed by atoms with Crippen molar-refractivity contribution >= 4 is 19.5 Å². The Morgan fingerprint density at radius 3 is 1.43 bits per heavy atom. The summed E-state index contributed by atoms with van der Waals surface area (Å²) in [5.74, 6) is 0. The van der Waals surface area contributed by atoms with Crippen molar-refractivity contribution in [3.05, 3.63) is 0 Å². The number of halogens is 1. The average Bonchev–Trinajstić information content (AvgIpc) is 2.50. The molecule has 3 saturated carbocycles. The molecule has 0 N–H and O–H groups in total. The summed E-state index contributed by atoms with van der Waals surface area (Å²) in [6, 6.07) is 0. The normalized spacial score (nSPS) is 28.3. The molecular weight excluding hydrogens is 389 g/mol. The number of hydrogen-bond donors (Lipinski definition) is 0. The van der Waals surface area contributed by atoms with Gasteiger partial charge >= 0.3 is 0 Å². The molecule has 3 rings (SSSR count). The molecule has 0 radical (unpaired) electrons. The van der Waals surface area contributed by atoms with Crippen LogP contribution in [0.25, 0.3) is 0 Å². The summed E-state index contributed by atoms with van der Waals surface area (Å²) in [5.41, 5.74) is 2.05. The molecule has 0 aromatic heterocycles. The minimum Gasteiger partial charge on any atom is -0.114 e. The second-order valence-corrected chi connectivity index (χ2v) is 11.6. The third-order valence-electron chi connectivity index (χ3n) is 6.02. The zero-order valence-electron chi connectivity index (χ0n) is 13.4. The summed E-state index contributed by atoms with van der Waals surface area (Å²) >= 11 is 7.34. The average molecular weight is 421 g/mol. The van der Waals surface area contributed by atoms with E-state index in [-0.39, 0.29) is 33.0 Å². The first-order valence-corrected chi connectivity index (χ1v) is 11.1. The largest absolute Gasteiger partial charge is 0.114 e. The molecule has 0 unspecified atom stereocenters. The Morgan fingerprint density at radius 2 is 1.00 bits per heavy atom. The Labute approximate surface area is 152 Å². The Hall–Kier alpha value is 1.38. The van der Waals surface area contributed by atoms with Crippen molar-refractivity contribution in [1.82, 2.24) is 0 Å². The standard InChI is InChI=1S/C18H32ClP.Pd/c19-18(14-8-3-9-15-18)20(16-10-4-1-5-11-16)17-12-6-2-7-13-17;/h16-17H,1-15H2;. The summed E-state index contributed by atoms with van der Waals surface area (Å²) < 4.78 is 0.248. The predicted molar refractivity (Wildman–Crippen MR) is 92.3 cm³/mol. The maximum absolute atomic E-state index is 7.34. The SMILES string of the molecule is ClC1(P(C2CCCCC2)C2CCCCC2)CCCCC1.[Pd]. The molecule has 0 aromatic rings. The van der Waals surface area contributed by atoms with E-state index < -0.39 is 0 Å². The molecule has 3 aliphatic rings. The van der Waals surface area contributed by atoms with Crippen LogP contribution < -0.4 is 0 Å². The van der Waals surface area contributed by atoms with Crippen molar-refractivity contribution < 1.29 is 20.4 Å². The van der Waals surface area contributed by atoms with Crippen molar-refractivity contribution in [3.63, 3.8) is 0 Å². The third-order valence-corrected chi connectivity index (χ3v) is 11.0. The number of alkyl halides is 1. The number of rotatable bonds is 3. The molecule has 0 aromatic carbocycles. The van der Waals surface area contributed by atoms with Gasteiger partial charge in [0.25, 0.3) is 0 Å². The predicted octanol–water partition coefficient (Wildman–Crippen LogP) is 7.03. The van der Waals surface area contributed by atoms with Gasteiger partial charge in [0, 0.05) is 20.4 Å². The first kappa shape index (κ1) is 18.7. The molecule has 126 valence electrons. The molecule has 0 spiro atoms. The maximum Gasteiger partial charge on any atom is 0.0646 e. The zero-order chi connectivity index (χ0) is 13.8. The fourth-order valence-electron chi connectivity index (χ4n) is 5.02. The molecule has 21 heavy (non-hydrogen) atoms. The van der Waals surface area contributed by atoms with Gasteiger partial charge in [-0.15, -0.1) is 11.6 Å². The van der Waals surface area contributed by atoms with E-state index in [1.54, 1.807) is 0 Å². The summed E-state index contributed by atoms with van der Waals surface area (Å²) in [6.07, 6.45) is 21.9. The van der Waals surface area contributed by atoms with Crippen LogP contribution in [0.2, 0.25) is 0 Å². The zero-order valence-corrected chi connectivity index (χ0v) is 16.6. The van der Waals surface area contributed by atoms with Crippen LogP contribution in [0.15, 0.2) is 0 Å². The molecule has 0 bridgehead atoms. The Balaban J connectivity index is 0.00000161. The van der Waals surface area contributed by atoms with E-state index in [2.05, 4.69) is 0 Å². The molecule has 0 heterocycles. The van der Waals surface area contributed by atoms with Crippen molar-refractivity contribution in [1.29, 1.82) is 0 Å². The summed E-state index contributed by atoms with van der Waals surface area (Å²) in [6.45, 7) is 0. The van der Waals surface area contributed by atoms with Gasteiger partial charge in [-0.2, -0.15) is 0 Å². The first-order chi connectivity index (χ1) is 9.80. The van der Waals surface area contributed by atoms with Crippen LogP contribution in [0.5, 0.6) is 0 Å². The van der Waals surface area contributed by atoms with Gasteiger partial charge in [0.2, 0.25) is 0 Å². The van der Waals surface area contributed by atoms with Crippen molar-refractivity contribution in [2.75, 3.05) is 0 Å². The van der Waals surface area contributed by atoms with Gasteiger partial charge in [-0.25, -0.2) is 0 Å². The van der Waals surface area contributed by atoms with E-state index in [1.807, 2.05) is 0 Å². The first-order valence-electron chi connectivity index (χ1n) is 9.27. The molecule has 0 atom stereocenters. The van der Waals surface area contributed by atoms with Gasteiger partial charge in [0.1, 0.15) is 0 Å². The molecule has 0 nitrogen and oxygen atoms in total. The minimum atomic E-state index is 0. The van der Waals surface area contributed by atoms with E-state index in [0.29, 0.717) is 0 Å². The van der Waals surface area contributed by atoms with Crippen LogP contribution in [-0.2, 0) is 20.4 Å². The molecule has 0 aliphatic heterocycles. The van der Waals surface area contributed by atoms with E-state index in [9.17, 15) is 0 Å². The minimum absolute atomic E-state index is 0. The quantitative estimate of drug-likeness (QED) is 0.261. The Kier molecular flexibility index (Phi) is 8.04. The third kappa shape index (κ3) is 4.69. The molecular formula is C18H32ClPPd. The Morgan fingerprint density at radius 1 is 0.619 bits per heavy atom. The van der Waals surface area contributed by atoms with E-state index in [1.165, 1.54) is 96.3 Å². The van der Waals surface area contributed by atoms with Gasteiger partial charge in [0.15, 0.2) is 0 Å². The molecule has 0 amide bonds. The Bertz CT molecular complexity index is 274. The van der Waals surface area contributed by atoms with Gasteiger partial charge in [-0.05, 0) is 49.8 Å². The topological polar surface area (TPSA) is 0 Å². The molecule has 3 heteroatoms. The van der Waals surface area contributed by atoms with Crippen LogP contribution in [0.4, 0.5) is 0 Å². The van der Waals surface area contributed by atoms with Crippen molar-refractivity contribution in [3.8, 4) is 0 Å². The number of hydrogen-bond acceptors (Lipinski definition) is 0. The van der Waals surface area contributed by atoms with Gasteiger partial charge in [0.05, 0.1) is 4.62 Å². The van der Waals surface area contributed by atoms with Crippen LogP contribution >= 0.6 is 19.5 Å². The smallest absolute Gasteiger partial charge is 0.0646 e. The summed E-state index contributed by atoms with van der Waals surface area (Å²) in [5, 5.41) is 0. The fraction of sp³-hybridized carbons (Fsp3) is 1.00. The summed E-state index contributed by atoms with van der Waals surface area (Å²) in [7, 11) is 0.0682. The molecule has 0 saturated heterocycles.